The molecule has 0 atom stereocenters. The molecule has 13 heavy (non-hydrogen) atoms. The molecule has 0 bridgehead atoms. The number of hydrogen-bond donors (Lipinski definition) is 1. The third-order valence-corrected chi connectivity index (χ3v) is 2.00. The fraction of sp³-hybridized carbons (Fsp3) is 0.182. The van der Waals surface area contributed by atoms with Crippen LogP contribution in [0.3, 0.4) is 0 Å². The van der Waals surface area contributed by atoms with E-state index in [0.29, 0.717) is 5.57 Å². The second-order valence-corrected chi connectivity index (χ2v) is 2.92. The zero-order chi connectivity index (χ0) is 9.84. The Morgan fingerprint density at radius 1 is 1.38 bits per heavy atom. The average molecular weight is 173 g/mol. The highest BCUT2D eigenvalue weighted by atomic mass is 16.2. The summed E-state index contributed by atoms with van der Waals surface area (Å²) < 4.78 is 0. The third-order valence-electron chi connectivity index (χ3n) is 2.00. The Hall–Kier alpha value is -1.75. The van der Waals surface area contributed by atoms with Gasteiger partial charge in [0, 0.05) is 5.56 Å². The van der Waals surface area contributed by atoms with E-state index in [1.165, 1.54) is 0 Å². The first kappa shape index (κ1) is 9.34. The highest BCUT2D eigenvalue weighted by molar-refractivity contribution is 5.79. The lowest BCUT2D eigenvalue weighted by molar-refractivity contribution is 0.476. The van der Waals surface area contributed by atoms with Crippen molar-refractivity contribution < 1.29 is 5.11 Å². The van der Waals surface area contributed by atoms with Gasteiger partial charge in [-0.3, -0.25) is 0 Å². The van der Waals surface area contributed by atoms with E-state index in [9.17, 15) is 0 Å². The molecule has 0 saturated heterocycles. The van der Waals surface area contributed by atoms with Gasteiger partial charge in [-0.2, -0.15) is 5.26 Å². The van der Waals surface area contributed by atoms with Crippen LogP contribution in [0.5, 0.6) is 0 Å². The molecule has 0 aliphatic carbocycles. The maximum atomic E-state index is 8.84. The monoisotopic (exact) mass is 173 g/mol. The standard InChI is InChI=1S/C11H11NO/c1-8-4-3-5-9(2)11(8)10(6-12)7-13/h3-5,7,13H,1-2H3. The van der Waals surface area contributed by atoms with Crippen LogP contribution in [0.15, 0.2) is 24.5 Å². The zero-order valence-corrected chi connectivity index (χ0v) is 7.70. The summed E-state index contributed by atoms with van der Waals surface area (Å²) in [6.45, 7) is 3.84. The Balaban J connectivity index is 3.38. The van der Waals surface area contributed by atoms with Gasteiger partial charge >= 0.3 is 0 Å². The van der Waals surface area contributed by atoms with Crippen LogP contribution in [-0.4, -0.2) is 5.11 Å². The van der Waals surface area contributed by atoms with Crippen molar-refractivity contribution in [3.05, 3.63) is 41.2 Å². The molecule has 0 heterocycles. The minimum Gasteiger partial charge on any atom is -0.514 e. The molecule has 0 unspecified atom stereocenters. The van der Waals surface area contributed by atoms with Crippen molar-refractivity contribution in [2.75, 3.05) is 0 Å². The van der Waals surface area contributed by atoms with E-state index in [-0.39, 0.29) is 0 Å². The van der Waals surface area contributed by atoms with Gasteiger partial charge in [0.25, 0.3) is 0 Å². The number of hydrogen-bond acceptors (Lipinski definition) is 2. The van der Waals surface area contributed by atoms with E-state index in [2.05, 4.69) is 0 Å². The third kappa shape index (κ3) is 1.70. The van der Waals surface area contributed by atoms with E-state index < -0.39 is 0 Å². The quantitative estimate of drug-likeness (QED) is 0.524. The number of aliphatic hydroxyl groups excluding tert-OH is 1. The molecule has 1 rings (SSSR count). The van der Waals surface area contributed by atoms with Gasteiger partial charge in [-0.05, 0) is 25.0 Å². The predicted octanol–water partition coefficient (Wildman–Crippen LogP) is 2.73. The maximum Gasteiger partial charge on any atom is 0.103 e. The molecule has 0 aliphatic heterocycles. The van der Waals surface area contributed by atoms with Crippen LogP contribution >= 0.6 is 0 Å². The summed E-state index contributed by atoms with van der Waals surface area (Å²) in [5.41, 5.74) is 3.15. The first-order chi connectivity index (χ1) is 6.20. The van der Waals surface area contributed by atoms with Gasteiger partial charge in [-0.1, -0.05) is 18.2 Å². The minimum absolute atomic E-state index is 0.315. The predicted molar refractivity (Wildman–Crippen MR) is 52.1 cm³/mol. The molecular weight excluding hydrogens is 162 g/mol. The SMILES string of the molecule is Cc1cccc(C)c1C(C#N)=CO. The molecule has 0 radical (unpaired) electrons. The maximum absolute atomic E-state index is 8.84. The van der Waals surface area contributed by atoms with E-state index in [4.69, 9.17) is 10.4 Å². The molecule has 0 amide bonds. The Morgan fingerprint density at radius 2 is 1.92 bits per heavy atom. The van der Waals surface area contributed by atoms with Crippen molar-refractivity contribution in [1.82, 2.24) is 0 Å². The Bertz CT molecular complexity index is 365. The first-order valence-corrected chi connectivity index (χ1v) is 4.01. The van der Waals surface area contributed by atoms with Gasteiger partial charge in [-0.25, -0.2) is 0 Å². The number of allylic oxidation sites excluding steroid dienone is 1. The molecule has 1 aromatic rings. The summed E-state index contributed by atoms with van der Waals surface area (Å²) in [6.07, 6.45) is 0.856. The van der Waals surface area contributed by atoms with Gasteiger partial charge in [0.2, 0.25) is 0 Å². The summed E-state index contributed by atoms with van der Waals surface area (Å²) in [4.78, 5) is 0. The number of rotatable bonds is 1. The molecule has 0 aliphatic rings. The number of nitriles is 1. The molecule has 0 aromatic heterocycles. The molecule has 2 heteroatoms. The summed E-state index contributed by atoms with van der Waals surface area (Å²) in [6, 6.07) is 7.73. The normalized spacial score (nSPS) is 11.0. The van der Waals surface area contributed by atoms with Crippen molar-refractivity contribution in [2.24, 2.45) is 0 Å². The van der Waals surface area contributed by atoms with Crippen molar-refractivity contribution in [1.29, 1.82) is 5.26 Å². The zero-order valence-electron chi connectivity index (χ0n) is 7.70. The smallest absolute Gasteiger partial charge is 0.103 e. The molecule has 0 saturated carbocycles. The fourth-order valence-corrected chi connectivity index (χ4v) is 1.39. The van der Waals surface area contributed by atoms with Crippen molar-refractivity contribution in [2.45, 2.75) is 13.8 Å². The number of aliphatic hydroxyl groups is 1. The molecule has 0 spiro atoms. The fourth-order valence-electron chi connectivity index (χ4n) is 1.39. The van der Waals surface area contributed by atoms with Gasteiger partial charge in [0.1, 0.15) is 6.07 Å². The van der Waals surface area contributed by atoms with Crippen molar-refractivity contribution in [3.8, 4) is 6.07 Å². The second-order valence-electron chi connectivity index (χ2n) is 2.92. The topological polar surface area (TPSA) is 44.0 Å². The Labute approximate surface area is 77.8 Å². The Morgan fingerprint density at radius 3 is 2.31 bits per heavy atom. The lowest BCUT2D eigenvalue weighted by Crippen LogP contribution is -1.91. The second kappa shape index (κ2) is 3.77. The number of nitrogens with zero attached hydrogens (tertiary/aromatic N) is 1. The Kier molecular flexibility index (Phi) is 2.71. The summed E-state index contributed by atoms with van der Waals surface area (Å²) in [5, 5.41) is 17.6. The largest absolute Gasteiger partial charge is 0.514 e. The average Bonchev–Trinajstić information content (AvgIpc) is 2.11. The minimum atomic E-state index is 0.315. The molecule has 2 nitrogen and oxygen atoms in total. The van der Waals surface area contributed by atoms with Crippen LogP contribution in [0, 0.1) is 25.2 Å². The molecule has 1 aromatic carbocycles. The summed E-state index contributed by atoms with van der Waals surface area (Å²) >= 11 is 0. The van der Waals surface area contributed by atoms with Crippen LogP contribution in [0.4, 0.5) is 0 Å². The van der Waals surface area contributed by atoms with Crippen LogP contribution in [0.2, 0.25) is 0 Å². The summed E-state index contributed by atoms with van der Waals surface area (Å²) in [5.74, 6) is 0. The highest BCUT2D eigenvalue weighted by Crippen LogP contribution is 2.21. The molecular formula is C11H11NO. The van der Waals surface area contributed by atoms with Crippen LogP contribution in [0.1, 0.15) is 16.7 Å². The van der Waals surface area contributed by atoms with Crippen molar-refractivity contribution >= 4 is 5.57 Å². The molecule has 1 N–H and O–H groups in total. The van der Waals surface area contributed by atoms with Gasteiger partial charge < -0.3 is 5.11 Å². The first-order valence-electron chi connectivity index (χ1n) is 4.01. The lowest BCUT2D eigenvalue weighted by atomic mass is 9.97. The lowest BCUT2D eigenvalue weighted by Gasteiger charge is -2.06. The highest BCUT2D eigenvalue weighted by Gasteiger charge is 2.06. The molecule has 0 fully saturated rings. The van der Waals surface area contributed by atoms with Gasteiger partial charge in [-0.15, -0.1) is 0 Å². The molecule has 66 valence electrons. The summed E-state index contributed by atoms with van der Waals surface area (Å²) in [7, 11) is 0. The van der Waals surface area contributed by atoms with Crippen LogP contribution < -0.4 is 0 Å². The number of benzene rings is 1. The van der Waals surface area contributed by atoms with E-state index in [1.54, 1.807) is 0 Å². The van der Waals surface area contributed by atoms with Gasteiger partial charge in [0.15, 0.2) is 0 Å². The number of aryl methyl sites for hydroxylation is 2. The van der Waals surface area contributed by atoms with Gasteiger partial charge in [0.05, 0.1) is 11.8 Å². The van der Waals surface area contributed by atoms with Crippen LogP contribution in [0.25, 0.3) is 5.57 Å². The van der Waals surface area contributed by atoms with E-state index >= 15 is 0 Å². The van der Waals surface area contributed by atoms with Crippen molar-refractivity contribution in [3.63, 3.8) is 0 Å². The van der Waals surface area contributed by atoms with Crippen LogP contribution in [-0.2, 0) is 0 Å². The van der Waals surface area contributed by atoms with E-state index in [0.717, 1.165) is 23.0 Å². The van der Waals surface area contributed by atoms with E-state index in [1.807, 2.05) is 38.1 Å².